The van der Waals surface area contributed by atoms with Crippen molar-refractivity contribution in [1.82, 2.24) is 0 Å². The van der Waals surface area contributed by atoms with E-state index in [0.29, 0.717) is 24.2 Å². The molecule has 0 aliphatic carbocycles. The maximum Gasteiger partial charge on any atom is 0.326 e. The van der Waals surface area contributed by atoms with Crippen molar-refractivity contribution in [2.24, 2.45) is 5.73 Å². The van der Waals surface area contributed by atoms with Crippen LogP contribution in [0.1, 0.15) is 36.0 Å². The first-order chi connectivity index (χ1) is 9.50. The average Bonchev–Trinajstić information content (AvgIpc) is 2.63. The Kier molecular flexibility index (Phi) is 4.65. The molecule has 1 aromatic carbocycles. The summed E-state index contributed by atoms with van der Waals surface area (Å²) in [5.74, 6) is -1.40. The molecule has 0 aromatic heterocycles. The van der Waals surface area contributed by atoms with Gasteiger partial charge in [0.05, 0.1) is 11.3 Å². The molecule has 1 unspecified atom stereocenters. The molecule has 108 valence electrons. The normalized spacial score (nSPS) is 19.4. The Morgan fingerprint density at radius 2 is 2.05 bits per heavy atom. The van der Waals surface area contributed by atoms with Gasteiger partial charge in [-0.15, -0.1) is 0 Å². The number of rotatable bonds is 3. The van der Waals surface area contributed by atoms with Crippen LogP contribution in [0.2, 0.25) is 0 Å². The van der Waals surface area contributed by atoms with Gasteiger partial charge in [-0.2, -0.15) is 0 Å². The maximum absolute atomic E-state index is 11.6. The standard InChI is InChI=1S/C14H17BrN2O3/c15-9-5-6-10(13(16)18)12(8-9)17-7-3-1-2-4-11(17)14(19)20/h5-6,8,11H,1-4,7H2,(H2,16,18)(H,19,20). The van der Waals surface area contributed by atoms with E-state index in [1.54, 1.807) is 23.1 Å². The van der Waals surface area contributed by atoms with E-state index in [9.17, 15) is 14.7 Å². The van der Waals surface area contributed by atoms with Crippen molar-refractivity contribution in [3.05, 3.63) is 28.2 Å². The smallest absolute Gasteiger partial charge is 0.326 e. The molecule has 20 heavy (non-hydrogen) atoms. The number of hydrogen-bond acceptors (Lipinski definition) is 3. The lowest BCUT2D eigenvalue weighted by atomic mass is 10.1. The third-order valence-corrected chi connectivity index (χ3v) is 4.07. The zero-order chi connectivity index (χ0) is 14.7. The average molecular weight is 341 g/mol. The SMILES string of the molecule is NC(=O)c1ccc(Br)cc1N1CCCCCC1C(=O)O. The molecule has 6 heteroatoms. The van der Waals surface area contributed by atoms with Crippen molar-refractivity contribution in [2.45, 2.75) is 31.7 Å². The van der Waals surface area contributed by atoms with Crippen molar-refractivity contribution >= 4 is 33.5 Å². The number of aliphatic carboxylic acids is 1. The van der Waals surface area contributed by atoms with E-state index >= 15 is 0 Å². The fraction of sp³-hybridized carbons (Fsp3) is 0.429. The van der Waals surface area contributed by atoms with Gasteiger partial charge >= 0.3 is 5.97 Å². The van der Waals surface area contributed by atoms with Crippen LogP contribution in [-0.4, -0.2) is 29.6 Å². The molecular weight excluding hydrogens is 324 g/mol. The zero-order valence-electron chi connectivity index (χ0n) is 11.0. The quantitative estimate of drug-likeness (QED) is 0.884. The first-order valence-corrected chi connectivity index (χ1v) is 7.39. The number of benzene rings is 1. The molecule has 3 N–H and O–H groups in total. The highest BCUT2D eigenvalue weighted by atomic mass is 79.9. The van der Waals surface area contributed by atoms with Crippen molar-refractivity contribution in [1.29, 1.82) is 0 Å². The molecule has 5 nitrogen and oxygen atoms in total. The highest BCUT2D eigenvalue weighted by Gasteiger charge is 2.29. The lowest BCUT2D eigenvalue weighted by Crippen LogP contribution is -2.41. The number of amides is 1. The number of hydrogen-bond donors (Lipinski definition) is 2. The summed E-state index contributed by atoms with van der Waals surface area (Å²) in [4.78, 5) is 24.9. The highest BCUT2D eigenvalue weighted by Crippen LogP contribution is 2.30. The lowest BCUT2D eigenvalue weighted by Gasteiger charge is -2.30. The van der Waals surface area contributed by atoms with E-state index < -0.39 is 17.9 Å². The number of nitrogens with zero attached hydrogens (tertiary/aromatic N) is 1. The topological polar surface area (TPSA) is 83.6 Å². The first-order valence-electron chi connectivity index (χ1n) is 6.59. The van der Waals surface area contributed by atoms with E-state index in [4.69, 9.17) is 5.73 Å². The number of nitrogens with two attached hydrogens (primary N) is 1. The van der Waals surface area contributed by atoms with Gasteiger partial charge < -0.3 is 15.7 Å². The first kappa shape index (κ1) is 14.8. The predicted molar refractivity (Wildman–Crippen MR) is 79.9 cm³/mol. The third kappa shape index (κ3) is 3.12. The largest absolute Gasteiger partial charge is 0.480 e. The van der Waals surface area contributed by atoms with Crippen molar-refractivity contribution in [3.63, 3.8) is 0 Å². The molecule has 1 amide bonds. The summed E-state index contributed by atoms with van der Waals surface area (Å²) in [5.41, 5.74) is 6.36. The van der Waals surface area contributed by atoms with Crippen LogP contribution in [0.15, 0.2) is 22.7 Å². The molecule has 0 spiro atoms. The summed E-state index contributed by atoms with van der Waals surface area (Å²) >= 11 is 3.36. The Hall–Kier alpha value is -1.56. The second-order valence-electron chi connectivity index (χ2n) is 4.92. The van der Waals surface area contributed by atoms with Crippen LogP contribution >= 0.6 is 15.9 Å². The maximum atomic E-state index is 11.6. The summed E-state index contributed by atoms with van der Waals surface area (Å²) in [6.45, 7) is 0.619. The van der Waals surface area contributed by atoms with Crippen LogP contribution in [0.4, 0.5) is 5.69 Å². The molecule has 1 atom stereocenters. The minimum atomic E-state index is -0.859. The monoisotopic (exact) mass is 340 g/mol. The molecule has 2 rings (SSSR count). The van der Waals surface area contributed by atoms with E-state index in [1.807, 2.05) is 0 Å². The molecule has 1 saturated heterocycles. The third-order valence-electron chi connectivity index (χ3n) is 3.57. The fourth-order valence-electron chi connectivity index (χ4n) is 2.60. The fourth-order valence-corrected chi connectivity index (χ4v) is 2.95. The van der Waals surface area contributed by atoms with Crippen LogP contribution in [0, 0.1) is 0 Å². The van der Waals surface area contributed by atoms with Gasteiger partial charge in [0.25, 0.3) is 5.91 Å². The molecule has 0 saturated carbocycles. The van der Waals surface area contributed by atoms with E-state index in [0.717, 1.165) is 23.7 Å². The molecular formula is C14H17BrN2O3. The number of carboxylic acid groups (broad SMARTS) is 1. The van der Waals surface area contributed by atoms with Crippen LogP contribution in [0.5, 0.6) is 0 Å². The van der Waals surface area contributed by atoms with Gasteiger partial charge in [0.2, 0.25) is 0 Å². The van der Waals surface area contributed by atoms with Gasteiger partial charge in [-0.25, -0.2) is 4.79 Å². The van der Waals surface area contributed by atoms with Gasteiger partial charge in [-0.05, 0) is 31.0 Å². The van der Waals surface area contributed by atoms with Crippen LogP contribution in [0.3, 0.4) is 0 Å². The molecule has 1 heterocycles. The van der Waals surface area contributed by atoms with Gasteiger partial charge in [0, 0.05) is 11.0 Å². The molecule has 1 aromatic rings. The Morgan fingerprint density at radius 1 is 1.30 bits per heavy atom. The second kappa shape index (κ2) is 6.26. The van der Waals surface area contributed by atoms with E-state index in [-0.39, 0.29) is 0 Å². The van der Waals surface area contributed by atoms with E-state index in [2.05, 4.69) is 15.9 Å². The Balaban J connectivity index is 2.47. The van der Waals surface area contributed by atoms with Crippen molar-refractivity contribution in [2.75, 3.05) is 11.4 Å². The molecule has 1 fully saturated rings. The van der Waals surface area contributed by atoms with Crippen LogP contribution in [-0.2, 0) is 4.79 Å². The number of carbonyl (C=O) groups is 2. The number of primary amides is 1. The number of carbonyl (C=O) groups excluding carboxylic acids is 1. The molecule has 0 bridgehead atoms. The molecule has 0 radical (unpaired) electrons. The van der Waals surface area contributed by atoms with Gasteiger partial charge in [-0.1, -0.05) is 28.8 Å². The number of halogens is 1. The Morgan fingerprint density at radius 3 is 2.70 bits per heavy atom. The molecule has 1 aliphatic heterocycles. The van der Waals surface area contributed by atoms with Crippen molar-refractivity contribution in [3.8, 4) is 0 Å². The van der Waals surface area contributed by atoms with Crippen LogP contribution in [0.25, 0.3) is 0 Å². The minimum absolute atomic E-state index is 0.362. The lowest BCUT2D eigenvalue weighted by molar-refractivity contribution is -0.138. The summed E-state index contributed by atoms with van der Waals surface area (Å²) in [6, 6.07) is 4.52. The highest BCUT2D eigenvalue weighted by molar-refractivity contribution is 9.10. The van der Waals surface area contributed by atoms with Gasteiger partial charge in [0.1, 0.15) is 6.04 Å². The molecule has 1 aliphatic rings. The Labute approximate surface area is 125 Å². The summed E-state index contributed by atoms with van der Waals surface area (Å²) in [6.07, 6.45) is 3.38. The van der Waals surface area contributed by atoms with E-state index in [1.165, 1.54) is 0 Å². The Bertz CT molecular complexity index is 533. The minimum Gasteiger partial charge on any atom is -0.480 e. The van der Waals surface area contributed by atoms with Gasteiger partial charge in [0.15, 0.2) is 0 Å². The summed E-state index contributed by atoms with van der Waals surface area (Å²) in [7, 11) is 0. The predicted octanol–water partition coefficient (Wildman–Crippen LogP) is 2.38. The zero-order valence-corrected chi connectivity index (χ0v) is 12.6. The number of carboxylic acids is 1. The second-order valence-corrected chi connectivity index (χ2v) is 5.84. The number of anilines is 1. The summed E-state index contributed by atoms with van der Waals surface area (Å²) < 4.78 is 0.797. The van der Waals surface area contributed by atoms with Gasteiger partial charge in [-0.3, -0.25) is 4.79 Å². The van der Waals surface area contributed by atoms with Crippen molar-refractivity contribution < 1.29 is 14.7 Å². The summed E-state index contributed by atoms with van der Waals surface area (Å²) in [5, 5.41) is 9.42. The van der Waals surface area contributed by atoms with Crippen LogP contribution < -0.4 is 10.6 Å².